The van der Waals surface area contributed by atoms with Crippen LogP contribution in [0.15, 0.2) is 0 Å². The first-order chi connectivity index (χ1) is 6.92. The van der Waals surface area contributed by atoms with E-state index in [4.69, 9.17) is 15.6 Å². The third-order valence-electron chi connectivity index (χ3n) is 2.89. The molecule has 0 spiro atoms. The molecule has 6 nitrogen and oxygen atoms in total. The number of ether oxygens (including phenoxy) is 1. The van der Waals surface area contributed by atoms with Gasteiger partial charge in [-0.2, -0.15) is 0 Å². The molecule has 2 fully saturated rings. The molecule has 3 N–H and O–H groups in total. The monoisotopic (exact) mass is 232 g/mol. The lowest BCUT2D eigenvalue weighted by atomic mass is 10.0. The molecule has 2 heterocycles. The van der Waals surface area contributed by atoms with Gasteiger partial charge in [-0.3, -0.25) is 4.79 Å². The highest BCUT2D eigenvalue weighted by molar-refractivity contribution is 8.01. The van der Waals surface area contributed by atoms with Gasteiger partial charge in [0.2, 0.25) is 5.91 Å². The molecule has 0 aromatic carbocycles. The summed E-state index contributed by atoms with van der Waals surface area (Å²) in [6, 6.07) is -1.56. The lowest BCUT2D eigenvalue weighted by Gasteiger charge is -2.41. The predicted octanol–water partition coefficient (Wildman–Crippen LogP) is -0.955. The SMILES string of the molecule is CO[C@@]1(C)SC2C(N)C(=O)N2C1C(=O)O. The average Bonchev–Trinajstić information content (AvgIpc) is 2.49. The summed E-state index contributed by atoms with van der Waals surface area (Å²) >= 11 is 1.29. The van der Waals surface area contributed by atoms with E-state index in [-0.39, 0.29) is 11.3 Å². The fraction of sp³-hybridized carbons (Fsp3) is 0.750. The quantitative estimate of drug-likeness (QED) is 0.596. The van der Waals surface area contributed by atoms with Crippen LogP contribution in [0, 0.1) is 0 Å². The molecule has 2 aliphatic heterocycles. The normalized spacial score (nSPS) is 43.8. The van der Waals surface area contributed by atoms with Gasteiger partial charge >= 0.3 is 5.97 Å². The number of thioether (sulfide) groups is 1. The standard InChI is InChI=1S/C8H12N2O4S/c1-8(14-2)4(7(12)13)10-5(11)3(9)6(10)15-8/h3-4,6H,9H2,1-2H3,(H,12,13)/t3?,4?,6?,8-/m0/s1. The van der Waals surface area contributed by atoms with Crippen molar-refractivity contribution in [1.82, 2.24) is 4.90 Å². The van der Waals surface area contributed by atoms with E-state index in [9.17, 15) is 9.59 Å². The van der Waals surface area contributed by atoms with Crippen LogP contribution in [0.2, 0.25) is 0 Å². The van der Waals surface area contributed by atoms with Crippen molar-refractivity contribution in [2.75, 3.05) is 7.11 Å². The lowest BCUT2D eigenvalue weighted by Crippen LogP contribution is -2.68. The summed E-state index contributed by atoms with van der Waals surface area (Å²) in [5, 5.41) is 8.80. The second-order valence-corrected chi connectivity index (χ2v) is 5.27. The van der Waals surface area contributed by atoms with E-state index >= 15 is 0 Å². The Morgan fingerprint density at radius 2 is 2.33 bits per heavy atom. The Morgan fingerprint density at radius 3 is 2.80 bits per heavy atom. The zero-order valence-electron chi connectivity index (χ0n) is 8.34. The van der Waals surface area contributed by atoms with Crippen LogP contribution in [-0.4, -0.2) is 51.4 Å². The van der Waals surface area contributed by atoms with Gasteiger partial charge in [0.15, 0.2) is 6.04 Å². The van der Waals surface area contributed by atoms with E-state index < -0.39 is 23.0 Å². The number of hydrogen-bond donors (Lipinski definition) is 2. The Labute approximate surface area is 90.7 Å². The Bertz CT molecular complexity index is 337. The summed E-state index contributed by atoms with van der Waals surface area (Å²) < 4.78 is 5.18. The maximum Gasteiger partial charge on any atom is 0.330 e. The van der Waals surface area contributed by atoms with Crippen LogP contribution < -0.4 is 5.73 Å². The largest absolute Gasteiger partial charge is 0.480 e. The zero-order chi connectivity index (χ0) is 11.4. The molecule has 0 saturated carbocycles. The molecule has 1 amide bonds. The van der Waals surface area contributed by atoms with Crippen LogP contribution in [0.5, 0.6) is 0 Å². The van der Waals surface area contributed by atoms with Crippen LogP contribution in [0.4, 0.5) is 0 Å². The average molecular weight is 232 g/mol. The number of methoxy groups -OCH3 is 1. The van der Waals surface area contributed by atoms with E-state index in [1.807, 2.05) is 0 Å². The number of carbonyl (C=O) groups excluding carboxylic acids is 1. The van der Waals surface area contributed by atoms with Gasteiger partial charge in [-0.25, -0.2) is 4.79 Å². The first kappa shape index (κ1) is 10.7. The molecule has 0 aromatic heterocycles. The van der Waals surface area contributed by atoms with Crippen molar-refractivity contribution in [2.24, 2.45) is 5.73 Å². The number of amides is 1. The second kappa shape index (κ2) is 3.10. The summed E-state index contributed by atoms with van der Waals surface area (Å²) in [5.74, 6) is -1.38. The first-order valence-electron chi connectivity index (χ1n) is 4.46. The maximum atomic E-state index is 11.4. The van der Waals surface area contributed by atoms with Crippen molar-refractivity contribution in [2.45, 2.75) is 29.3 Å². The highest BCUT2D eigenvalue weighted by atomic mass is 32.2. The predicted molar refractivity (Wildman–Crippen MR) is 53.0 cm³/mol. The molecule has 2 aliphatic rings. The number of carboxylic acid groups (broad SMARTS) is 1. The molecule has 84 valence electrons. The number of β-lactam (4-membered cyclic amide) rings is 1. The number of hydrogen-bond acceptors (Lipinski definition) is 5. The molecule has 15 heavy (non-hydrogen) atoms. The highest BCUT2D eigenvalue weighted by Gasteiger charge is 2.65. The topological polar surface area (TPSA) is 92.9 Å². The lowest BCUT2D eigenvalue weighted by molar-refractivity contribution is -0.164. The summed E-state index contributed by atoms with van der Waals surface area (Å²) in [6.07, 6.45) is 0. The van der Waals surface area contributed by atoms with Crippen molar-refractivity contribution >= 4 is 23.6 Å². The summed E-state index contributed by atoms with van der Waals surface area (Å²) in [7, 11) is 1.44. The van der Waals surface area contributed by atoms with Crippen molar-refractivity contribution in [1.29, 1.82) is 0 Å². The van der Waals surface area contributed by atoms with Crippen LogP contribution in [0.1, 0.15) is 6.92 Å². The molecule has 2 rings (SSSR count). The Morgan fingerprint density at radius 1 is 1.73 bits per heavy atom. The Kier molecular flexibility index (Phi) is 2.21. The van der Waals surface area contributed by atoms with E-state index in [2.05, 4.69) is 0 Å². The second-order valence-electron chi connectivity index (χ2n) is 3.74. The van der Waals surface area contributed by atoms with Gasteiger partial charge in [0.1, 0.15) is 16.3 Å². The molecule has 3 unspecified atom stereocenters. The van der Waals surface area contributed by atoms with Crippen LogP contribution >= 0.6 is 11.8 Å². The van der Waals surface area contributed by atoms with Crippen LogP contribution in [0.25, 0.3) is 0 Å². The molecule has 0 bridgehead atoms. The Balaban J connectivity index is 2.33. The van der Waals surface area contributed by atoms with E-state index in [1.54, 1.807) is 6.92 Å². The third-order valence-corrected chi connectivity index (χ3v) is 4.51. The molecule has 0 aromatic rings. The van der Waals surface area contributed by atoms with Crippen LogP contribution in [0.3, 0.4) is 0 Å². The van der Waals surface area contributed by atoms with E-state index in [0.717, 1.165) is 0 Å². The van der Waals surface area contributed by atoms with Gasteiger partial charge in [0.25, 0.3) is 0 Å². The van der Waals surface area contributed by atoms with Crippen molar-refractivity contribution in [3.63, 3.8) is 0 Å². The molecule has 4 atom stereocenters. The number of carbonyl (C=O) groups is 2. The summed E-state index contributed by atoms with van der Waals surface area (Å²) in [4.78, 5) is 22.9. The molecule has 2 saturated heterocycles. The smallest absolute Gasteiger partial charge is 0.330 e. The molecule has 0 aliphatic carbocycles. The summed E-state index contributed by atoms with van der Waals surface area (Å²) in [6.45, 7) is 1.66. The number of nitrogens with zero attached hydrogens (tertiary/aromatic N) is 1. The molecule has 7 heteroatoms. The molecule has 0 radical (unpaired) electrons. The minimum atomic E-state index is -1.06. The fourth-order valence-electron chi connectivity index (χ4n) is 1.97. The number of rotatable bonds is 2. The third kappa shape index (κ3) is 1.20. The first-order valence-corrected chi connectivity index (χ1v) is 5.34. The number of aliphatic carboxylic acids is 1. The maximum absolute atomic E-state index is 11.4. The Hall–Kier alpha value is -0.790. The van der Waals surface area contributed by atoms with E-state index in [0.29, 0.717) is 0 Å². The minimum absolute atomic E-state index is 0.274. The summed E-state index contributed by atoms with van der Waals surface area (Å²) in [5.41, 5.74) is 5.58. The van der Waals surface area contributed by atoms with Crippen molar-refractivity contribution < 1.29 is 19.4 Å². The number of fused-ring (bicyclic) bond motifs is 1. The van der Waals surface area contributed by atoms with Crippen molar-refractivity contribution in [3.8, 4) is 0 Å². The minimum Gasteiger partial charge on any atom is -0.480 e. The number of carboxylic acids is 1. The molecular formula is C8H12N2O4S. The van der Waals surface area contributed by atoms with Gasteiger partial charge in [0, 0.05) is 7.11 Å². The van der Waals surface area contributed by atoms with Gasteiger partial charge in [-0.15, -0.1) is 0 Å². The molecular weight excluding hydrogens is 220 g/mol. The van der Waals surface area contributed by atoms with Gasteiger partial charge in [-0.05, 0) is 6.92 Å². The zero-order valence-corrected chi connectivity index (χ0v) is 9.15. The highest BCUT2D eigenvalue weighted by Crippen LogP contribution is 2.50. The van der Waals surface area contributed by atoms with Gasteiger partial charge in [0.05, 0.1) is 0 Å². The van der Waals surface area contributed by atoms with Crippen molar-refractivity contribution in [3.05, 3.63) is 0 Å². The number of nitrogens with two attached hydrogens (primary N) is 1. The fourth-order valence-corrected chi connectivity index (χ4v) is 3.50. The van der Waals surface area contributed by atoms with Gasteiger partial charge < -0.3 is 20.5 Å². The van der Waals surface area contributed by atoms with E-state index in [1.165, 1.54) is 23.8 Å². The van der Waals surface area contributed by atoms with Gasteiger partial charge in [-0.1, -0.05) is 11.8 Å². The van der Waals surface area contributed by atoms with Crippen LogP contribution in [-0.2, 0) is 14.3 Å².